The summed E-state index contributed by atoms with van der Waals surface area (Å²) in [5, 5.41) is 7.83. The van der Waals surface area contributed by atoms with Gasteiger partial charge in [-0.3, -0.25) is 10.4 Å². The first-order valence-electron chi connectivity index (χ1n) is 7.00. The first-order chi connectivity index (χ1) is 10.0. The first-order valence-corrected chi connectivity index (χ1v) is 7.00. The minimum atomic E-state index is 0.0504. The van der Waals surface area contributed by atoms with Crippen LogP contribution in [0.25, 0.3) is 0 Å². The fraction of sp³-hybridized carbons (Fsp3) is 0.312. The molecule has 0 aliphatic rings. The molecule has 2 aromatic rings. The zero-order valence-corrected chi connectivity index (χ0v) is 12.7. The van der Waals surface area contributed by atoms with Gasteiger partial charge in [-0.05, 0) is 44.5 Å². The predicted octanol–water partition coefficient (Wildman–Crippen LogP) is 2.40. The number of pyridine rings is 2. The molecule has 110 valence electrons. The Hall–Kier alpha value is -2.43. The van der Waals surface area contributed by atoms with Gasteiger partial charge < -0.3 is 10.6 Å². The van der Waals surface area contributed by atoms with Crippen molar-refractivity contribution in [3.05, 3.63) is 53.0 Å². The molecule has 0 aliphatic carbocycles. The molecule has 3 N–H and O–H groups in total. The van der Waals surface area contributed by atoms with E-state index in [1.807, 2.05) is 38.1 Å². The molecule has 21 heavy (non-hydrogen) atoms. The van der Waals surface area contributed by atoms with Gasteiger partial charge in [-0.1, -0.05) is 6.07 Å². The van der Waals surface area contributed by atoms with Crippen molar-refractivity contribution in [2.75, 3.05) is 11.4 Å². The average molecular weight is 283 g/mol. The van der Waals surface area contributed by atoms with E-state index in [2.05, 4.69) is 21.8 Å². The third-order valence-corrected chi connectivity index (χ3v) is 3.36. The summed E-state index contributed by atoms with van der Waals surface area (Å²) >= 11 is 0. The number of anilines is 1. The summed E-state index contributed by atoms with van der Waals surface area (Å²) in [5.41, 5.74) is 9.33. The van der Waals surface area contributed by atoms with E-state index in [4.69, 9.17) is 11.1 Å². The third kappa shape index (κ3) is 3.37. The topological polar surface area (TPSA) is 78.9 Å². The van der Waals surface area contributed by atoms with Crippen molar-refractivity contribution in [2.24, 2.45) is 5.73 Å². The highest BCUT2D eigenvalue weighted by Crippen LogP contribution is 2.23. The number of aryl methyl sites for hydroxylation is 2. The predicted molar refractivity (Wildman–Crippen MR) is 85.7 cm³/mol. The average Bonchev–Trinajstić information content (AvgIpc) is 2.44. The number of hydrogen-bond acceptors (Lipinski definition) is 4. The van der Waals surface area contributed by atoms with Crippen molar-refractivity contribution >= 4 is 11.7 Å². The molecule has 0 amide bonds. The van der Waals surface area contributed by atoms with Gasteiger partial charge in [0.2, 0.25) is 0 Å². The number of aromatic nitrogens is 2. The molecule has 2 heterocycles. The number of hydrogen-bond donors (Lipinski definition) is 2. The summed E-state index contributed by atoms with van der Waals surface area (Å²) in [6, 6.07) is 7.81. The van der Waals surface area contributed by atoms with Crippen LogP contribution in [-0.2, 0) is 6.54 Å². The Morgan fingerprint density at radius 3 is 2.67 bits per heavy atom. The fourth-order valence-electron chi connectivity index (χ4n) is 2.40. The van der Waals surface area contributed by atoms with Crippen LogP contribution in [0.1, 0.15) is 29.4 Å². The number of amidine groups is 1. The Kier molecular flexibility index (Phi) is 4.52. The van der Waals surface area contributed by atoms with Crippen LogP contribution in [-0.4, -0.2) is 22.3 Å². The van der Waals surface area contributed by atoms with E-state index in [0.29, 0.717) is 12.1 Å². The molecule has 0 bridgehead atoms. The number of nitrogens with zero attached hydrogens (tertiary/aromatic N) is 3. The van der Waals surface area contributed by atoms with E-state index in [1.165, 1.54) is 0 Å². The quantitative estimate of drug-likeness (QED) is 0.652. The van der Waals surface area contributed by atoms with Crippen LogP contribution in [0.4, 0.5) is 5.82 Å². The van der Waals surface area contributed by atoms with Gasteiger partial charge >= 0.3 is 0 Å². The van der Waals surface area contributed by atoms with E-state index in [9.17, 15) is 0 Å². The van der Waals surface area contributed by atoms with Crippen LogP contribution in [0.2, 0.25) is 0 Å². The molecule has 0 unspecified atom stereocenters. The van der Waals surface area contributed by atoms with Crippen LogP contribution in [0.3, 0.4) is 0 Å². The molecule has 2 aromatic heterocycles. The molecule has 5 nitrogen and oxygen atoms in total. The SMILES string of the molecule is CCN(Cc1ccccn1)c1nc(C)cc(C)c1C(=N)N. The molecule has 0 fully saturated rings. The van der Waals surface area contributed by atoms with Crippen molar-refractivity contribution in [1.29, 1.82) is 5.41 Å². The standard InChI is InChI=1S/C16H21N5/c1-4-21(10-13-7-5-6-8-19-13)16-14(15(17)18)11(2)9-12(3)20-16/h5-9H,4,10H2,1-3H3,(H3,17,18). The third-order valence-electron chi connectivity index (χ3n) is 3.36. The van der Waals surface area contributed by atoms with E-state index in [0.717, 1.165) is 29.3 Å². The number of nitrogens with two attached hydrogens (primary N) is 1. The molecule has 0 saturated carbocycles. The molecule has 0 saturated heterocycles. The summed E-state index contributed by atoms with van der Waals surface area (Å²) in [7, 11) is 0. The Morgan fingerprint density at radius 1 is 1.33 bits per heavy atom. The van der Waals surface area contributed by atoms with Crippen LogP contribution >= 0.6 is 0 Å². The second kappa shape index (κ2) is 6.35. The lowest BCUT2D eigenvalue weighted by Gasteiger charge is -2.25. The van der Waals surface area contributed by atoms with Crippen LogP contribution < -0.4 is 10.6 Å². The lowest BCUT2D eigenvalue weighted by atomic mass is 10.1. The Bertz CT molecular complexity index is 637. The second-order valence-corrected chi connectivity index (χ2v) is 5.03. The summed E-state index contributed by atoms with van der Waals surface area (Å²) in [6.45, 7) is 7.39. The normalized spacial score (nSPS) is 10.4. The zero-order chi connectivity index (χ0) is 15.4. The summed E-state index contributed by atoms with van der Waals surface area (Å²) < 4.78 is 0. The van der Waals surface area contributed by atoms with Gasteiger partial charge in [0.05, 0.1) is 17.8 Å². The van der Waals surface area contributed by atoms with Gasteiger partial charge in [-0.2, -0.15) is 0 Å². The maximum atomic E-state index is 7.83. The van der Waals surface area contributed by atoms with Crippen molar-refractivity contribution in [3.63, 3.8) is 0 Å². The van der Waals surface area contributed by atoms with Gasteiger partial charge in [0.1, 0.15) is 11.7 Å². The van der Waals surface area contributed by atoms with Crippen LogP contribution in [0.15, 0.2) is 30.5 Å². The molecule has 0 radical (unpaired) electrons. The highest BCUT2D eigenvalue weighted by molar-refractivity contribution is 6.01. The van der Waals surface area contributed by atoms with Crippen molar-refractivity contribution in [2.45, 2.75) is 27.3 Å². The van der Waals surface area contributed by atoms with E-state index >= 15 is 0 Å². The van der Waals surface area contributed by atoms with Gasteiger partial charge in [-0.25, -0.2) is 4.98 Å². The zero-order valence-electron chi connectivity index (χ0n) is 12.7. The highest BCUT2D eigenvalue weighted by atomic mass is 15.2. The van der Waals surface area contributed by atoms with Crippen molar-refractivity contribution in [3.8, 4) is 0 Å². The van der Waals surface area contributed by atoms with E-state index < -0.39 is 0 Å². The second-order valence-electron chi connectivity index (χ2n) is 5.03. The lowest BCUT2D eigenvalue weighted by molar-refractivity contribution is 0.789. The maximum absolute atomic E-state index is 7.83. The Morgan fingerprint density at radius 2 is 2.10 bits per heavy atom. The Balaban J connectivity index is 2.44. The summed E-state index contributed by atoms with van der Waals surface area (Å²) in [4.78, 5) is 11.1. The summed E-state index contributed by atoms with van der Waals surface area (Å²) in [6.07, 6.45) is 1.78. The van der Waals surface area contributed by atoms with Gasteiger partial charge in [-0.15, -0.1) is 0 Å². The maximum Gasteiger partial charge on any atom is 0.140 e. The van der Waals surface area contributed by atoms with Crippen LogP contribution in [0, 0.1) is 19.3 Å². The smallest absolute Gasteiger partial charge is 0.140 e. The van der Waals surface area contributed by atoms with E-state index in [1.54, 1.807) is 6.20 Å². The van der Waals surface area contributed by atoms with Gasteiger partial charge in [0.25, 0.3) is 0 Å². The molecule has 0 aliphatic heterocycles. The summed E-state index contributed by atoms with van der Waals surface area (Å²) in [5.74, 6) is 0.808. The van der Waals surface area contributed by atoms with Gasteiger partial charge in [0, 0.05) is 18.4 Å². The number of rotatable bonds is 5. The first kappa shape index (κ1) is 15.0. The van der Waals surface area contributed by atoms with Crippen molar-refractivity contribution < 1.29 is 0 Å². The Labute approximate surface area is 125 Å². The molecule has 5 heteroatoms. The van der Waals surface area contributed by atoms with Crippen LogP contribution in [0.5, 0.6) is 0 Å². The lowest BCUT2D eigenvalue weighted by Crippen LogP contribution is -2.28. The monoisotopic (exact) mass is 283 g/mol. The van der Waals surface area contributed by atoms with Crippen molar-refractivity contribution in [1.82, 2.24) is 9.97 Å². The molecule has 0 spiro atoms. The highest BCUT2D eigenvalue weighted by Gasteiger charge is 2.17. The molecule has 2 rings (SSSR count). The molecule has 0 atom stereocenters. The van der Waals surface area contributed by atoms with E-state index in [-0.39, 0.29) is 5.84 Å². The fourth-order valence-corrected chi connectivity index (χ4v) is 2.40. The number of nitrogens with one attached hydrogen (secondary N) is 1. The minimum absolute atomic E-state index is 0.0504. The van der Waals surface area contributed by atoms with Gasteiger partial charge in [0.15, 0.2) is 0 Å². The number of nitrogen functional groups attached to an aromatic ring is 1. The molecule has 0 aromatic carbocycles. The molecular formula is C16H21N5. The molecular weight excluding hydrogens is 262 g/mol. The minimum Gasteiger partial charge on any atom is -0.384 e. The largest absolute Gasteiger partial charge is 0.384 e.